The van der Waals surface area contributed by atoms with Crippen molar-refractivity contribution >= 4 is 17.9 Å². The maximum atomic E-state index is 13.0. The summed E-state index contributed by atoms with van der Waals surface area (Å²) in [6.45, 7) is 1.68. The van der Waals surface area contributed by atoms with Crippen molar-refractivity contribution in [3.05, 3.63) is 0 Å². The summed E-state index contributed by atoms with van der Waals surface area (Å²) < 4.78 is 15.8. The first-order valence-corrected chi connectivity index (χ1v) is 10.8. The first-order chi connectivity index (χ1) is 14.3. The van der Waals surface area contributed by atoms with Gasteiger partial charge in [0.25, 0.3) is 0 Å². The van der Waals surface area contributed by atoms with Crippen molar-refractivity contribution in [1.82, 2.24) is 0 Å². The van der Waals surface area contributed by atoms with Gasteiger partial charge in [-0.2, -0.15) is 0 Å². The first kappa shape index (κ1) is 21.5. The Bertz CT molecular complexity index is 697. The molecule has 0 aromatic carbocycles. The van der Waals surface area contributed by atoms with Crippen LogP contribution < -0.4 is 0 Å². The highest BCUT2D eigenvalue weighted by Gasteiger charge is 2.68. The zero-order chi connectivity index (χ0) is 21.5. The topological polar surface area (TPSA) is 149 Å². The van der Waals surface area contributed by atoms with E-state index in [0.717, 1.165) is 0 Å². The summed E-state index contributed by atoms with van der Waals surface area (Å²) in [4.78, 5) is 37.9. The molecule has 3 aliphatic heterocycles. The number of hydrogen-bond acceptors (Lipinski definition) is 6. The Kier molecular flexibility index (Phi) is 5.80. The van der Waals surface area contributed by atoms with Crippen LogP contribution in [0.3, 0.4) is 0 Å². The summed E-state index contributed by atoms with van der Waals surface area (Å²) in [5.74, 6) is -5.05. The van der Waals surface area contributed by atoms with Crippen LogP contribution in [0.2, 0.25) is 0 Å². The van der Waals surface area contributed by atoms with Crippen LogP contribution in [0.1, 0.15) is 51.4 Å². The Labute approximate surface area is 174 Å². The van der Waals surface area contributed by atoms with Gasteiger partial charge in [-0.25, -0.2) is 0 Å². The lowest BCUT2D eigenvalue weighted by Crippen LogP contribution is -2.62. The van der Waals surface area contributed by atoms with Gasteiger partial charge in [-0.15, -0.1) is 0 Å². The molecule has 0 spiro atoms. The fourth-order valence-electron chi connectivity index (χ4n) is 5.78. The molecule has 0 aromatic rings. The second-order valence-corrected chi connectivity index (χ2v) is 9.27. The van der Waals surface area contributed by atoms with E-state index in [1.54, 1.807) is 0 Å². The highest BCUT2D eigenvalue weighted by Crippen LogP contribution is 2.62. The van der Waals surface area contributed by atoms with Crippen LogP contribution in [0.15, 0.2) is 0 Å². The fraction of sp³-hybridized carbons (Fsp3) is 0.857. The molecule has 9 nitrogen and oxygen atoms in total. The van der Waals surface area contributed by atoms with E-state index in [0.29, 0.717) is 45.5 Å². The molecule has 0 amide bonds. The van der Waals surface area contributed by atoms with Crippen molar-refractivity contribution in [2.45, 2.75) is 69.7 Å². The number of ether oxygens (including phenoxy) is 3. The highest BCUT2D eigenvalue weighted by atomic mass is 16.6. The minimum absolute atomic E-state index is 0.0127. The lowest BCUT2D eigenvalue weighted by Gasteiger charge is -2.55. The van der Waals surface area contributed by atoms with Gasteiger partial charge in [0.2, 0.25) is 0 Å². The average molecular weight is 426 g/mol. The van der Waals surface area contributed by atoms with Crippen molar-refractivity contribution in [1.29, 1.82) is 0 Å². The second kappa shape index (κ2) is 8.09. The van der Waals surface area contributed by atoms with E-state index in [1.807, 2.05) is 0 Å². The fourth-order valence-corrected chi connectivity index (χ4v) is 5.78. The molecule has 0 radical (unpaired) electrons. The summed E-state index contributed by atoms with van der Waals surface area (Å²) in [7, 11) is 0. The highest BCUT2D eigenvalue weighted by molar-refractivity contribution is 5.88. The maximum absolute atomic E-state index is 13.0. The van der Waals surface area contributed by atoms with Gasteiger partial charge in [-0.3, -0.25) is 14.4 Å². The monoisotopic (exact) mass is 426 g/mol. The number of aliphatic carboxylic acids is 3. The summed E-state index contributed by atoms with van der Waals surface area (Å²) in [6, 6.07) is 0. The van der Waals surface area contributed by atoms with Gasteiger partial charge in [-0.05, 0) is 57.3 Å². The van der Waals surface area contributed by atoms with Crippen molar-refractivity contribution in [3.8, 4) is 0 Å². The van der Waals surface area contributed by atoms with E-state index < -0.39 is 40.6 Å². The minimum atomic E-state index is -1.67. The quantitative estimate of drug-likeness (QED) is 0.397. The third kappa shape index (κ3) is 3.94. The molecule has 9 heteroatoms. The summed E-state index contributed by atoms with van der Waals surface area (Å²) >= 11 is 0. The Morgan fingerprint density at radius 2 is 1.30 bits per heavy atom. The van der Waals surface area contributed by atoms with Crippen LogP contribution >= 0.6 is 0 Å². The van der Waals surface area contributed by atoms with Crippen molar-refractivity contribution < 1.29 is 43.9 Å². The first-order valence-electron chi connectivity index (χ1n) is 10.8. The van der Waals surface area contributed by atoms with E-state index in [-0.39, 0.29) is 44.0 Å². The second-order valence-electron chi connectivity index (χ2n) is 9.27. The molecule has 0 aromatic heterocycles. The number of hydrogen-bond donors (Lipinski definition) is 3. The van der Waals surface area contributed by atoms with Gasteiger partial charge >= 0.3 is 17.9 Å². The lowest BCUT2D eigenvalue weighted by molar-refractivity contribution is -0.199. The predicted molar refractivity (Wildman–Crippen MR) is 101 cm³/mol. The molecule has 3 N–H and O–H groups in total. The molecular formula is C21H30O9. The Hall–Kier alpha value is -1.71. The van der Waals surface area contributed by atoms with E-state index in [9.17, 15) is 29.7 Å². The standard InChI is InChI=1S/C21H30O9/c22-17(23)15-5-7-20(18(24)25,6-3-13-10-29-13)21(19(26)27,8-4-14-11-30-14)16(15)2-1-12-9-28-12/h12-16H,1-11H2,(H,22,23)(H,24,25)(H,26,27). The normalized spacial score (nSPS) is 41.8. The molecule has 7 atom stereocenters. The number of carboxylic acids is 3. The van der Waals surface area contributed by atoms with Gasteiger partial charge in [0.05, 0.1) is 54.9 Å². The summed E-state index contributed by atoms with van der Waals surface area (Å²) in [6.07, 6.45) is 2.16. The van der Waals surface area contributed by atoms with Crippen molar-refractivity contribution in [3.63, 3.8) is 0 Å². The molecule has 4 rings (SSSR count). The third-order valence-corrected chi connectivity index (χ3v) is 7.72. The van der Waals surface area contributed by atoms with Gasteiger partial charge < -0.3 is 29.5 Å². The van der Waals surface area contributed by atoms with Gasteiger partial charge in [0, 0.05) is 0 Å². The zero-order valence-electron chi connectivity index (χ0n) is 17.0. The van der Waals surface area contributed by atoms with Crippen LogP contribution in [-0.2, 0) is 28.6 Å². The molecule has 4 fully saturated rings. The number of epoxide rings is 3. The zero-order valence-corrected chi connectivity index (χ0v) is 17.0. The minimum Gasteiger partial charge on any atom is -0.481 e. The number of carbonyl (C=O) groups is 3. The van der Waals surface area contributed by atoms with Crippen molar-refractivity contribution in [2.75, 3.05) is 19.8 Å². The Morgan fingerprint density at radius 1 is 0.767 bits per heavy atom. The molecule has 3 heterocycles. The predicted octanol–water partition coefficient (Wildman–Crippen LogP) is 1.78. The lowest BCUT2D eigenvalue weighted by atomic mass is 9.45. The number of rotatable bonds is 12. The van der Waals surface area contributed by atoms with Crippen LogP contribution in [0.5, 0.6) is 0 Å². The molecule has 168 valence electrons. The van der Waals surface area contributed by atoms with Crippen LogP contribution in [0.25, 0.3) is 0 Å². The molecule has 4 aliphatic rings. The van der Waals surface area contributed by atoms with E-state index >= 15 is 0 Å². The largest absolute Gasteiger partial charge is 0.481 e. The Morgan fingerprint density at radius 3 is 1.77 bits per heavy atom. The van der Waals surface area contributed by atoms with E-state index in [1.165, 1.54) is 0 Å². The average Bonchev–Trinajstić information content (AvgIpc) is 3.55. The van der Waals surface area contributed by atoms with Gasteiger partial charge in [0.15, 0.2) is 0 Å². The molecule has 3 saturated heterocycles. The smallest absolute Gasteiger partial charge is 0.311 e. The van der Waals surface area contributed by atoms with Gasteiger partial charge in [-0.1, -0.05) is 0 Å². The van der Waals surface area contributed by atoms with Gasteiger partial charge in [0.1, 0.15) is 0 Å². The van der Waals surface area contributed by atoms with Crippen LogP contribution in [0, 0.1) is 22.7 Å². The van der Waals surface area contributed by atoms with E-state index in [2.05, 4.69) is 0 Å². The SMILES string of the molecule is O=C(O)C1CCC(CCC2CO2)(C(=O)O)C(CCC2CO2)(C(=O)O)C1CCC1CO1. The number of carboxylic acid groups (broad SMARTS) is 3. The van der Waals surface area contributed by atoms with E-state index in [4.69, 9.17) is 14.2 Å². The van der Waals surface area contributed by atoms with Crippen LogP contribution in [-0.4, -0.2) is 71.4 Å². The maximum Gasteiger partial charge on any atom is 0.311 e. The summed E-state index contributed by atoms with van der Waals surface area (Å²) in [5.41, 5.74) is -3.20. The molecule has 7 unspecified atom stereocenters. The summed E-state index contributed by atoms with van der Waals surface area (Å²) in [5, 5.41) is 30.9. The van der Waals surface area contributed by atoms with Crippen molar-refractivity contribution in [2.24, 2.45) is 22.7 Å². The molecule has 1 saturated carbocycles. The third-order valence-electron chi connectivity index (χ3n) is 7.72. The van der Waals surface area contributed by atoms with Crippen LogP contribution in [0.4, 0.5) is 0 Å². The molecule has 30 heavy (non-hydrogen) atoms. The molecule has 0 bridgehead atoms. The Balaban J connectivity index is 1.75. The molecule has 1 aliphatic carbocycles. The molecular weight excluding hydrogens is 396 g/mol.